The summed E-state index contributed by atoms with van der Waals surface area (Å²) in [5.74, 6) is -0.0386. The smallest absolute Gasteiger partial charge is 0.307 e. The number of carboxylic acid groups (broad SMARTS) is 1. The molecular weight excluding hydrogens is 226 g/mol. The summed E-state index contributed by atoms with van der Waals surface area (Å²) in [6.45, 7) is 8.67. The Labute approximate surface area is 109 Å². The van der Waals surface area contributed by atoms with E-state index in [1.54, 1.807) is 0 Å². The van der Waals surface area contributed by atoms with Crippen LogP contribution >= 0.6 is 0 Å². The molecule has 0 bridgehead atoms. The van der Waals surface area contributed by atoms with Gasteiger partial charge in [-0.1, -0.05) is 32.4 Å². The van der Waals surface area contributed by atoms with Crippen LogP contribution in [0.4, 0.5) is 0 Å². The van der Waals surface area contributed by atoms with Crippen LogP contribution in [0.2, 0.25) is 0 Å². The molecule has 1 fully saturated rings. The van der Waals surface area contributed by atoms with Gasteiger partial charge in [-0.25, -0.2) is 0 Å². The maximum atomic E-state index is 11.7. The Morgan fingerprint density at radius 1 is 1.61 bits per heavy atom. The van der Waals surface area contributed by atoms with Crippen LogP contribution < -0.4 is 5.73 Å². The zero-order chi connectivity index (χ0) is 13.7. The van der Waals surface area contributed by atoms with Crippen molar-refractivity contribution >= 4 is 5.97 Å². The number of carbonyl (C=O) groups is 1. The molecule has 3 nitrogen and oxygen atoms in total. The van der Waals surface area contributed by atoms with Crippen LogP contribution in [0.1, 0.15) is 40.5 Å². The molecule has 0 saturated heterocycles. The van der Waals surface area contributed by atoms with E-state index >= 15 is 0 Å². The zero-order valence-corrected chi connectivity index (χ0v) is 11.9. The minimum absolute atomic E-state index is 0.230. The van der Waals surface area contributed by atoms with Gasteiger partial charge in [0.05, 0.1) is 5.92 Å². The quantitative estimate of drug-likeness (QED) is 0.758. The molecule has 0 amide bonds. The lowest BCUT2D eigenvalue weighted by atomic mass is 9.46. The topological polar surface area (TPSA) is 63.3 Å². The number of fused-ring (bicyclic) bond motifs is 1. The van der Waals surface area contributed by atoms with E-state index in [9.17, 15) is 9.90 Å². The van der Waals surface area contributed by atoms with Crippen molar-refractivity contribution in [2.24, 2.45) is 34.3 Å². The van der Waals surface area contributed by atoms with Gasteiger partial charge in [-0.15, -0.1) is 0 Å². The number of aliphatic carboxylic acids is 1. The summed E-state index contributed by atoms with van der Waals surface area (Å²) < 4.78 is 0. The first kappa shape index (κ1) is 13.6. The number of allylic oxidation sites excluding steroid dienone is 2. The second kappa shape index (κ2) is 4.09. The van der Waals surface area contributed by atoms with Crippen molar-refractivity contribution in [1.29, 1.82) is 0 Å². The molecule has 0 radical (unpaired) electrons. The molecule has 0 aromatic rings. The molecule has 3 N–H and O–H groups in total. The maximum Gasteiger partial charge on any atom is 0.307 e. The zero-order valence-electron chi connectivity index (χ0n) is 11.9. The average molecular weight is 251 g/mol. The average Bonchev–Trinajstić information content (AvgIpc) is 2.49. The number of hydrogen-bond donors (Lipinski definition) is 2. The van der Waals surface area contributed by atoms with Crippen molar-refractivity contribution in [3.63, 3.8) is 0 Å². The molecule has 102 valence electrons. The van der Waals surface area contributed by atoms with E-state index in [1.165, 1.54) is 5.57 Å². The van der Waals surface area contributed by atoms with Gasteiger partial charge >= 0.3 is 5.97 Å². The van der Waals surface area contributed by atoms with E-state index in [2.05, 4.69) is 13.0 Å². The summed E-state index contributed by atoms with van der Waals surface area (Å²) in [6, 6.07) is 0. The van der Waals surface area contributed by atoms with E-state index in [1.807, 2.05) is 20.8 Å². The Kier molecular flexibility index (Phi) is 3.09. The lowest BCUT2D eigenvalue weighted by molar-refractivity contribution is -0.166. The second-order valence-corrected chi connectivity index (χ2v) is 7.28. The third-order valence-electron chi connectivity index (χ3n) is 4.93. The fourth-order valence-electron chi connectivity index (χ4n) is 4.48. The lowest BCUT2D eigenvalue weighted by Gasteiger charge is -2.58. The summed E-state index contributed by atoms with van der Waals surface area (Å²) in [4.78, 5) is 11.7. The molecule has 2 aliphatic rings. The molecule has 2 aliphatic carbocycles. The summed E-state index contributed by atoms with van der Waals surface area (Å²) in [5.41, 5.74) is 6.94. The molecule has 0 spiro atoms. The van der Waals surface area contributed by atoms with Crippen LogP contribution in [-0.2, 0) is 4.79 Å². The summed E-state index contributed by atoms with van der Waals surface area (Å²) >= 11 is 0. The van der Waals surface area contributed by atoms with Crippen molar-refractivity contribution in [3.8, 4) is 0 Å². The normalized spacial score (nSPS) is 36.6. The summed E-state index contributed by atoms with van der Waals surface area (Å²) in [7, 11) is 0. The SMILES string of the molecule is CC1=C[C@@H]2[C@H](C1)C[C@@]2(CN)C(C(=O)O)C(C)(C)C. The molecule has 2 rings (SSSR count). The first-order valence-electron chi connectivity index (χ1n) is 6.82. The lowest BCUT2D eigenvalue weighted by Crippen LogP contribution is -2.59. The first-order chi connectivity index (χ1) is 8.22. The van der Waals surface area contributed by atoms with E-state index in [4.69, 9.17) is 5.73 Å². The summed E-state index contributed by atoms with van der Waals surface area (Å²) in [5, 5.41) is 9.65. The van der Waals surface area contributed by atoms with Gasteiger partial charge in [0.1, 0.15) is 0 Å². The van der Waals surface area contributed by atoms with Crippen molar-refractivity contribution in [2.45, 2.75) is 40.5 Å². The van der Waals surface area contributed by atoms with Crippen molar-refractivity contribution in [3.05, 3.63) is 11.6 Å². The van der Waals surface area contributed by atoms with Crippen molar-refractivity contribution in [2.75, 3.05) is 6.54 Å². The van der Waals surface area contributed by atoms with Gasteiger partial charge < -0.3 is 10.8 Å². The maximum absolute atomic E-state index is 11.7. The van der Waals surface area contributed by atoms with Gasteiger partial charge in [-0.2, -0.15) is 0 Å². The molecule has 3 heteroatoms. The predicted octanol–water partition coefficient (Wildman–Crippen LogP) is 2.66. The van der Waals surface area contributed by atoms with E-state index < -0.39 is 5.97 Å². The number of nitrogens with two attached hydrogens (primary N) is 1. The molecule has 0 aliphatic heterocycles. The highest BCUT2D eigenvalue weighted by Gasteiger charge is 2.61. The minimum Gasteiger partial charge on any atom is -0.481 e. The highest BCUT2D eigenvalue weighted by Crippen LogP contribution is 2.63. The van der Waals surface area contributed by atoms with Crippen LogP contribution in [0.3, 0.4) is 0 Å². The van der Waals surface area contributed by atoms with E-state index in [0.717, 1.165) is 12.8 Å². The number of carboxylic acids is 1. The Hall–Kier alpha value is -0.830. The monoisotopic (exact) mass is 251 g/mol. The summed E-state index contributed by atoms with van der Waals surface area (Å²) in [6.07, 6.45) is 4.38. The van der Waals surface area contributed by atoms with Gasteiger partial charge in [-0.05, 0) is 43.6 Å². The highest BCUT2D eigenvalue weighted by molar-refractivity contribution is 5.72. The van der Waals surface area contributed by atoms with Crippen LogP contribution in [-0.4, -0.2) is 17.6 Å². The van der Waals surface area contributed by atoms with Crippen LogP contribution in [0.15, 0.2) is 11.6 Å². The Morgan fingerprint density at radius 2 is 2.22 bits per heavy atom. The van der Waals surface area contributed by atoms with Gasteiger partial charge in [0.25, 0.3) is 0 Å². The number of hydrogen-bond acceptors (Lipinski definition) is 2. The van der Waals surface area contributed by atoms with Crippen molar-refractivity contribution in [1.82, 2.24) is 0 Å². The molecule has 1 saturated carbocycles. The molecule has 0 heterocycles. The molecule has 0 aromatic heterocycles. The Bertz CT molecular complexity index is 394. The van der Waals surface area contributed by atoms with Gasteiger partial charge in [-0.3, -0.25) is 4.79 Å². The van der Waals surface area contributed by atoms with Crippen molar-refractivity contribution < 1.29 is 9.90 Å². The highest BCUT2D eigenvalue weighted by atomic mass is 16.4. The Morgan fingerprint density at radius 3 is 2.61 bits per heavy atom. The van der Waals surface area contributed by atoms with Crippen LogP contribution in [0.5, 0.6) is 0 Å². The largest absolute Gasteiger partial charge is 0.481 e. The van der Waals surface area contributed by atoms with Gasteiger partial charge in [0.2, 0.25) is 0 Å². The van der Waals surface area contributed by atoms with E-state index in [0.29, 0.717) is 18.4 Å². The third kappa shape index (κ3) is 1.80. The standard InChI is InChI=1S/C15H25NO2/c1-9-5-10-7-15(8-16,11(10)6-9)12(13(17)18)14(2,3)4/h6,10-12H,5,7-8,16H2,1-4H3,(H,17,18)/t10-,11-,12?,15+/m1/s1. The molecular formula is C15H25NO2. The second-order valence-electron chi connectivity index (χ2n) is 7.28. The fraction of sp³-hybridized carbons (Fsp3) is 0.800. The first-order valence-corrected chi connectivity index (χ1v) is 6.82. The minimum atomic E-state index is -0.690. The van der Waals surface area contributed by atoms with Gasteiger partial charge in [0.15, 0.2) is 0 Å². The fourth-order valence-corrected chi connectivity index (χ4v) is 4.48. The Balaban J connectivity index is 2.36. The molecule has 18 heavy (non-hydrogen) atoms. The number of rotatable bonds is 3. The predicted molar refractivity (Wildman–Crippen MR) is 72.0 cm³/mol. The van der Waals surface area contributed by atoms with Gasteiger partial charge in [0, 0.05) is 5.41 Å². The van der Waals surface area contributed by atoms with Crippen LogP contribution in [0.25, 0.3) is 0 Å². The third-order valence-corrected chi connectivity index (χ3v) is 4.93. The molecule has 1 unspecified atom stereocenters. The molecule has 4 atom stereocenters. The van der Waals surface area contributed by atoms with E-state index in [-0.39, 0.29) is 16.7 Å². The van der Waals surface area contributed by atoms with Crippen LogP contribution in [0, 0.1) is 28.6 Å². The molecule has 0 aromatic carbocycles.